The maximum Gasteiger partial charge on any atom is 0.153 e. The fourth-order valence-electron chi connectivity index (χ4n) is 0.402. The lowest BCUT2D eigenvalue weighted by Gasteiger charge is -1.87. The Morgan fingerprint density at radius 3 is 2.33 bits per heavy atom. The molecule has 0 aliphatic heterocycles. The summed E-state index contributed by atoms with van der Waals surface area (Å²) in [6.07, 6.45) is 1.81. The highest BCUT2D eigenvalue weighted by Crippen LogP contribution is 1.84. The molecule has 0 bridgehead atoms. The van der Waals surface area contributed by atoms with E-state index in [1.165, 1.54) is 13.0 Å². The zero-order valence-electron chi connectivity index (χ0n) is 5.26. The third-order valence-electron chi connectivity index (χ3n) is 0.776. The molecule has 3 heteroatoms. The van der Waals surface area contributed by atoms with E-state index in [-0.39, 0.29) is 12.3 Å². The molecule has 0 fully saturated rings. The summed E-state index contributed by atoms with van der Waals surface area (Å²) in [5.74, 6) is -0.150. The van der Waals surface area contributed by atoms with Gasteiger partial charge in [0.1, 0.15) is 6.29 Å². The summed E-state index contributed by atoms with van der Waals surface area (Å²) < 4.78 is 0. The van der Waals surface area contributed by atoms with Crippen LogP contribution in [0.2, 0.25) is 0 Å². The molecule has 0 spiro atoms. The van der Waals surface area contributed by atoms with Gasteiger partial charge in [-0.15, -0.1) is 0 Å². The minimum absolute atomic E-state index is 0.128. The highest BCUT2D eigenvalue weighted by molar-refractivity contribution is 5.93. The van der Waals surface area contributed by atoms with E-state index < -0.39 is 0 Å². The van der Waals surface area contributed by atoms with Crippen LogP contribution in [-0.4, -0.2) is 18.6 Å². The molecular formula is C6H9NO2. The van der Waals surface area contributed by atoms with Crippen molar-refractivity contribution in [2.45, 2.75) is 6.92 Å². The minimum atomic E-state index is -0.150. The average molecular weight is 127 g/mol. The summed E-state index contributed by atoms with van der Waals surface area (Å²) in [5.41, 5.74) is 5.42. The number of hydrogen-bond acceptors (Lipinski definition) is 3. The lowest BCUT2D eigenvalue weighted by atomic mass is 10.2. The molecule has 3 nitrogen and oxygen atoms in total. The van der Waals surface area contributed by atoms with Crippen molar-refractivity contribution in [3.05, 3.63) is 11.6 Å². The molecule has 0 unspecified atom stereocenters. The molecule has 0 radical (unpaired) electrons. The summed E-state index contributed by atoms with van der Waals surface area (Å²) in [5, 5.41) is 0. The number of carbonyl (C=O) groups is 2. The molecule has 0 heterocycles. The Morgan fingerprint density at radius 2 is 2.22 bits per heavy atom. The predicted molar refractivity (Wildman–Crippen MR) is 33.9 cm³/mol. The molecule has 0 amide bonds. The summed E-state index contributed by atoms with van der Waals surface area (Å²) in [7, 11) is 0. The van der Waals surface area contributed by atoms with Crippen LogP contribution >= 0.6 is 0 Å². The molecule has 0 saturated heterocycles. The fraction of sp³-hybridized carbons (Fsp3) is 0.333. The van der Waals surface area contributed by atoms with Crippen LogP contribution < -0.4 is 5.73 Å². The Balaban J connectivity index is 4.07. The Hall–Kier alpha value is -0.960. The van der Waals surface area contributed by atoms with Gasteiger partial charge in [0.2, 0.25) is 0 Å². The SMILES string of the molecule is CC(=O)/C=C(/C=O)CN. The Kier molecular flexibility index (Phi) is 3.55. The van der Waals surface area contributed by atoms with Crippen LogP contribution in [0.25, 0.3) is 0 Å². The average Bonchev–Trinajstić information content (AvgIpc) is 1.82. The monoisotopic (exact) mass is 127 g/mol. The Labute approximate surface area is 53.5 Å². The van der Waals surface area contributed by atoms with E-state index >= 15 is 0 Å². The van der Waals surface area contributed by atoms with Gasteiger partial charge in [-0.25, -0.2) is 0 Å². The molecule has 0 saturated carbocycles. The maximum atomic E-state index is 10.3. The third-order valence-corrected chi connectivity index (χ3v) is 0.776. The molecule has 0 atom stereocenters. The van der Waals surface area contributed by atoms with E-state index in [1.807, 2.05) is 0 Å². The topological polar surface area (TPSA) is 60.2 Å². The summed E-state index contributed by atoms with van der Waals surface area (Å²) in [4.78, 5) is 20.3. The van der Waals surface area contributed by atoms with E-state index in [0.29, 0.717) is 11.9 Å². The van der Waals surface area contributed by atoms with Crippen molar-refractivity contribution in [1.82, 2.24) is 0 Å². The molecule has 0 aromatic carbocycles. The largest absolute Gasteiger partial charge is 0.326 e. The van der Waals surface area contributed by atoms with Gasteiger partial charge < -0.3 is 5.73 Å². The lowest BCUT2D eigenvalue weighted by molar-refractivity contribution is -0.113. The molecule has 0 rings (SSSR count). The Morgan fingerprint density at radius 1 is 1.67 bits per heavy atom. The van der Waals surface area contributed by atoms with Crippen LogP contribution in [0, 0.1) is 0 Å². The van der Waals surface area contributed by atoms with Gasteiger partial charge in [-0.05, 0) is 13.0 Å². The van der Waals surface area contributed by atoms with Gasteiger partial charge in [0.25, 0.3) is 0 Å². The van der Waals surface area contributed by atoms with Crippen LogP contribution in [0.5, 0.6) is 0 Å². The van der Waals surface area contributed by atoms with Crippen molar-refractivity contribution in [3.63, 3.8) is 0 Å². The Bertz CT molecular complexity index is 149. The molecular weight excluding hydrogens is 118 g/mol. The first-order valence-electron chi connectivity index (χ1n) is 2.57. The summed E-state index contributed by atoms with van der Waals surface area (Å²) in [6.45, 7) is 1.50. The number of rotatable bonds is 3. The van der Waals surface area contributed by atoms with Crippen LogP contribution in [0.1, 0.15) is 6.92 Å². The second-order valence-electron chi connectivity index (χ2n) is 1.65. The normalized spacial score (nSPS) is 11.1. The first kappa shape index (κ1) is 8.04. The van der Waals surface area contributed by atoms with Gasteiger partial charge >= 0.3 is 0 Å². The molecule has 0 aromatic rings. The zero-order chi connectivity index (χ0) is 7.28. The van der Waals surface area contributed by atoms with E-state index in [0.717, 1.165) is 0 Å². The van der Waals surface area contributed by atoms with E-state index in [2.05, 4.69) is 0 Å². The van der Waals surface area contributed by atoms with Crippen LogP contribution in [0.4, 0.5) is 0 Å². The van der Waals surface area contributed by atoms with Gasteiger partial charge in [-0.1, -0.05) is 0 Å². The van der Waals surface area contributed by atoms with Crippen molar-refractivity contribution in [3.8, 4) is 0 Å². The van der Waals surface area contributed by atoms with Gasteiger partial charge in [0.15, 0.2) is 5.78 Å². The minimum Gasteiger partial charge on any atom is -0.326 e. The van der Waals surface area contributed by atoms with Gasteiger partial charge in [0, 0.05) is 12.1 Å². The molecule has 9 heavy (non-hydrogen) atoms. The van der Waals surface area contributed by atoms with Crippen molar-refractivity contribution < 1.29 is 9.59 Å². The smallest absolute Gasteiger partial charge is 0.153 e. The third kappa shape index (κ3) is 3.61. The number of nitrogens with two attached hydrogens (primary N) is 1. The number of aldehydes is 1. The summed E-state index contributed by atoms with van der Waals surface area (Å²) in [6, 6.07) is 0. The van der Waals surface area contributed by atoms with E-state index in [1.54, 1.807) is 0 Å². The fourth-order valence-corrected chi connectivity index (χ4v) is 0.402. The predicted octanol–water partition coefficient (Wildman–Crippen LogP) is -0.341. The molecule has 2 N–H and O–H groups in total. The quantitative estimate of drug-likeness (QED) is 0.416. The second-order valence-corrected chi connectivity index (χ2v) is 1.65. The molecule has 0 aromatic heterocycles. The first-order valence-corrected chi connectivity index (χ1v) is 2.57. The van der Waals surface area contributed by atoms with Gasteiger partial charge in [-0.3, -0.25) is 9.59 Å². The van der Waals surface area contributed by atoms with Crippen molar-refractivity contribution in [1.29, 1.82) is 0 Å². The zero-order valence-corrected chi connectivity index (χ0v) is 5.26. The van der Waals surface area contributed by atoms with Crippen molar-refractivity contribution >= 4 is 12.1 Å². The van der Waals surface area contributed by atoms with Gasteiger partial charge in [-0.2, -0.15) is 0 Å². The van der Waals surface area contributed by atoms with E-state index in [9.17, 15) is 9.59 Å². The second kappa shape index (κ2) is 3.97. The number of ketones is 1. The lowest BCUT2D eigenvalue weighted by Crippen LogP contribution is -2.05. The molecule has 0 aliphatic carbocycles. The highest BCUT2D eigenvalue weighted by Gasteiger charge is 1.91. The molecule has 50 valence electrons. The van der Waals surface area contributed by atoms with Crippen LogP contribution in [-0.2, 0) is 9.59 Å². The van der Waals surface area contributed by atoms with Crippen LogP contribution in [0.15, 0.2) is 11.6 Å². The first-order chi connectivity index (χ1) is 4.20. The molecule has 0 aliphatic rings. The van der Waals surface area contributed by atoms with Gasteiger partial charge in [0.05, 0.1) is 0 Å². The van der Waals surface area contributed by atoms with Crippen molar-refractivity contribution in [2.24, 2.45) is 5.73 Å². The van der Waals surface area contributed by atoms with E-state index in [4.69, 9.17) is 5.73 Å². The maximum absolute atomic E-state index is 10.3. The number of carbonyl (C=O) groups excluding carboxylic acids is 2. The number of hydrogen-bond donors (Lipinski definition) is 1. The number of allylic oxidation sites excluding steroid dienone is 1. The highest BCUT2D eigenvalue weighted by atomic mass is 16.1. The standard InChI is InChI=1S/C6H9NO2/c1-5(9)2-6(3-7)4-8/h2,4H,3,7H2,1H3/b6-2+. The van der Waals surface area contributed by atoms with Crippen LogP contribution in [0.3, 0.4) is 0 Å². The van der Waals surface area contributed by atoms with Crippen molar-refractivity contribution in [2.75, 3.05) is 6.54 Å². The summed E-state index contributed by atoms with van der Waals surface area (Å²) >= 11 is 0.